The van der Waals surface area contributed by atoms with Crippen LogP contribution >= 0.6 is 0 Å². The van der Waals surface area contributed by atoms with Crippen molar-refractivity contribution in [3.05, 3.63) is 231 Å². The summed E-state index contributed by atoms with van der Waals surface area (Å²) in [7, 11) is 0. The summed E-state index contributed by atoms with van der Waals surface area (Å²) in [6.07, 6.45) is 0. The molecule has 0 spiro atoms. The van der Waals surface area contributed by atoms with E-state index in [1.54, 1.807) is 0 Å². The van der Waals surface area contributed by atoms with E-state index in [0.717, 1.165) is 27.5 Å². The Morgan fingerprint density at radius 3 is 1.25 bits per heavy atom. The summed E-state index contributed by atoms with van der Waals surface area (Å²) < 4.78 is 7.17. The van der Waals surface area contributed by atoms with Crippen LogP contribution < -0.4 is 0 Å². The molecule has 0 unspecified atom stereocenters. The topological polar surface area (TPSA) is 13.1 Å². The minimum Gasteiger partial charge on any atom is -0.455 e. The predicted molar refractivity (Wildman–Crippen MR) is 278 cm³/mol. The third kappa shape index (κ3) is 5.33. The maximum Gasteiger partial charge on any atom is 0.143 e. The number of hydrogen-bond acceptors (Lipinski definition) is 1. The Kier molecular flexibility index (Phi) is 7.75. The Balaban J connectivity index is 0.957. The lowest BCUT2D eigenvalue weighted by molar-refractivity contribution is 0.677. The molecule has 0 bridgehead atoms. The number of hydrogen-bond donors (Lipinski definition) is 0. The lowest BCUT2D eigenvalue weighted by Crippen LogP contribution is -1.91. The Morgan fingerprint density at radius 2 is 0.615 bits per heavy atom. The fourth-order valence-electron chi connectivity index (χ4n) is 11.2. The number of benzene rings is 13. The van der Waals surface area contributed by atoms with Crippen molar-refractivity contribution in [3.63, 3.8) is 0 Å². The summed E-state index contributed by atoms with van der Waals surface area (Å²) in [5.41, 5.74) is 11.6. The van der Waals surface area contributed by atoms with Crippen LogP contribution in [0.1, 0.15) is 0 Å². The third-order valence-electron chi connectivity index (χ3n) is 14.0. The summed E-state index contributed by atoms with van der Waals surface area (Å²) in [5.74, 6) is 0. The van der Waals surface area contributed by atoms with Crippen LogP contribution in [0.3, 0.4) is 0 Å². The van der Waals surface area contributed by atoms with E-state index in [4.69, 9.17) is 4.42 Å². The number of fused-ring (bicyclic) bond motifs is 16. The summed E-state index contributed by atoms with van der Waals surface area (Å²) in [6.45, 7) is 0. The van der Waals surface area contributed by atoms with Crippen molar-refractivity contribution in [1.82, 2.24) is 0 Å². The second kappa shape index (κ2) is 14.0. The fourth-order valence-corrected chi connectivity index (χ4v) is 11.2. The van der Waals surface area contributed by atoms with Gasteiger partial charge in [0.15, 0.2) is 0 Å². The van der Waals surface area contributed by atoms with Gasteiger partial charge in [-0.2, -0.15) is 0 Å². The molecule has 0 radical (unpaired) electrons. The van der Waals surface area contributed by atoms with E-state index >= 15 is 0 Å². The zero-order valence-electron chi connectivity index (χ0n) is 35.3. The highest BCUT2D eigenvalue weighted by molar-refractivity contribution is 6.38. The second-order valence-corrected chi connectivity index (χ2v) is 17.4. The highest BCUT2D eigenvalue weighted by Gasteiger charge is 2.22. The van der Waals surface area contributed by atoms with E-state index in [2.05, 4.69) is 231 Å². The SMILES string of the molecule is c1cc(-c2ccc3c4ccccc4c4c(oc5c6ccccc6c6ccccc6c54)c3c2)cc(-c2c3ccccc3c(-c3ccc(-c4cccc5ccccc45)cc3)c3ccccc23)c1. The molecule has 0 aliphatic carbocycles. The zero-order chi connectivity index (χ0) is 42.6. The molecule has 1 aromatic heterocycles. The van der Waals surface area contributed by atoms with E-state index in [1.165, 1.54) is 114 Å². The summed E-state index contributed by atoms with van der Waals surface area (Å²) >= 11 is 0. The maximum absolute atomic E-state index is 7.17. The van der Waals surface area contributed by atoms with Gasteiger partial charge in [0.25, 0.3) is 0 Å². The van der Waals surface area contributed by atoms with Crippen molar-refractivity contribution in [1.29, 1.82) is 0 Å². The van der Waals surface area contributed by atoms with Gasteiger partial charge in [-0.25, -0.2) is 0 Å². The monoisotopic (exact) mass is 822 g/mol. The van der Waals surface area contributed by atoms with Crippen LogP contribution in [-0.2, 0) is 0 Å². The first-order valence-corrected chi connectivity index (χ1v) is 22.5. The van der Waals surface area contributed by atoms with E-state index in [1.807, 2.05) is 0 Å². The standard InChI is InChI=1S/C64H38O/c1-2-19-45-39(15-1)16-14-30-46(45)40-31-33-41(34-32-40)59-53-25-8-10-27-55(53)60(56-28-11-9-26-54(56)59)44-18-13-17-42(37-44)43-35-36-50-48-21-4-7-24-52(48)62-61-51-23-6-3-20-47(51)49-22-5-12-29-57(49)63(61)65-64(62)58(50)38-43/h1-38H. The third-order valence-corrected chi connectivity index (χ3v) is 14.0. The van der Waals surface area contributed by atoms with Crippen molar-refractivity contribution >= 4 is 97.3 Å². The minimum absolute atomic E-state index is 0.936. The summed E-state index contributed by atoms with van der Waals surface area (Å²) in [5, 5.41) is 19.4. The van der Waals surface area contributed by atoms with Gasteiger partial charge in [-0.05, 0) is 121 Å². The molecule has 300 valence electrons. The van der Waals surface area contributed by atoms with Crippen molar-refractivity contribution in [2.24, 2.45) is 0 Å². The van der Waals surface area contributed by atoms with Crippen molar-refractivity contribution in [3.8, 4) is 44.5 Å². The van der Waals surface area contributed by atoms with Crippen molar-refractivity contribution in [2.75, 3.05) is 0 Å². The first-order valence-electron chi connectivity index (χ1n) is 22.5. The molecule has 0 saturated heterocycles. The largest absolute Gasteiger partial charge is 0.455 e. The van der Waals surface area contributed by atoms with Gasteiger partial charge in [-0.1, -0.05) is 218 Å². The van der Waals surface area contributed by atoms with Crippen LogP contribution in [0.25, 0.3) is 142 Å². The molecular weight excluding hydrogens is 785 g/mol. The van der Waals surface area contributed by atoms with Crippen molar-refractivity contribution < 1.29 is 4.42 Å². The van der Waals surface area contributed by atoms with Crippen LogP contribution in [0.5, 0.6) is 0 Å². The van der Waals surface area contributed by atoms with Crippen LogP contribution in [-0.4, -0.2) is 0 Å². The quantitative estimate of drug-likeness (QED) is 0.127. The van der Waals surface area contributed by atoms with E-state index in [-0.39, 0.29) is 0 Å². The molecule has 0 aliphatic heterocycles. The molecule has 0 atom stereocenters. The Labute approximate surface area is 375 Å². The van der Waals surface area contributed by atoms with Gasteiger partial charge < -0.3 is 4.42 Å². The Bertz CT molecular complexity index is 4220. The van der Waals surface area contributed by atoms with Gasteiger partial charge in [0.2, 0.25) is 0 Å². The molecule has 0 saturated carbocycles. The highest BCUT2D eigenvalue weighted by Crippen LogP contribution is 2.48. The molecule has 14 aromatic rings. The molecule has 14 rings (SSSR count). The van der Waals surface area contributed by atoms with E-state index in [9.17, 15) is 0 Å². The molecule has 1 nitrogen and oxygen atoms in total. The smallest absolute Gasteiger partial charge is 0.143 e. The number of furan rings is 1. The predicted octanol–water partition coefficient (Wildman–Crippen LogP) is 18.3. The van der Waals surface area contributed by atoms with Crippen LogP contribution in [0.4, 0.5) is 0 Å². The summed E-state index contributed by atoms with van der Waals surface area (Å²) in [6, 6.07) is 84.6. The average Bonchev–Trinajstić information content (AvgIpc) is 3.80. The fraction of sp³-hybridized carbons (Fsp3) is 0. The molecule has 65 heavy (non-hydrogen) atoms. The van der Waals surface area contributed by atoms with Crippen LogP contribution in [0.2, 0.25) is 0 Å². The first kappa shape index (κ1) is 36.0. The van der Waals surface area contributed by atoms with Gasteiger partial charge in [0, 0.05) is 21.5 Å². The van der Waals surface area contributed by atoms with Gasteiger partial charge in [-0.3, -0.25) is 0 Å². The maximum atomic E-state index is 7.17. The van der Waals surface area contributed by atoms with Crippen molar-refractivity contribution in [2.45, 2.75) is 0 Å². The Morgan fingerprint density at radius 1 is 0.215 bits per heavy atom. The number of rotatable bonds is 4. The second-order valence-electron chi connectivity index (χ2n) is 17.4. The van der Waals surface area contributed by atoms with Crippen LogP contribution in [0, 0.1) is 0 Å². The lowest BCUT2D eigenvalue weighted by Gasteiger charge is -2.18. The molecule has 0 amide bonds. The molecule has 13 aromatic carbocycles. The van der Waals surface area contributed by atoms with E-state index in [0.29, 0.717) is 0 Å². The lowest BCUT2D eigenvalue weighted by atomic mass is 9.85. The van der Waals surface area contributed by atoms with Gasteiger partial charge in [0.05, 0.1) is 0 Å². The van der Waals surface area contributed by atoms with Gasteiger partial charge in [0.1, 0.15) is 11.2 Å². The van der Waals surface area contributed by atoms with E-state index < -0.39 is 0 Å². The molecule has 1 heteroatoms. The summed E-state index contributed by atoms with van der Waals surface area (Å²) in [4.78, 5) is 0. The molecule has 1 heterocycles. The van der Waals surface area contributed by atoms with Crippen LogP contribution in [0.15, 0.2) is 235 Å². The molecule has 0 fully saturated rings. The normalized spacial score (nSPS) is 12.0. The molecule has 0 aliphatic rings. The molecular formula is C64H38O. The van der Waals surface area contributed by atoms with Gasteiger partial charge >= 0.3 is 0 Å². The average molecular weight is 823 g/mol. The Hall–Kier alpha value is -8.52. The highest BCUT2D eigenvalue weighted by atomic mass is 16.3. The minimum atomic E-state index is 0.936. The first-order chi connectivity index (χ1) is 32.3. The zero-order valence-corrected chi connectivity index (χ0v) is 35.3. The molecule has 0 N–H and O–H groups in total. The van der Waals surface area contributed by atoms with Gasteiger partial charge in [-0.15, -0.1) is 0 Å².